The van der Waals surface area contributed by atoms with Crippen LogP contribution in [0.2, 0.25) is 0 Å². The summed E-state index contributed by atoms with van der Waals surface area (Å²) in [5.41, 5.74) is 7.06. The molecule has 0 aromatic heterocycles. The van der Waals surface area contributed by atoms with Gasteiger partial charge in [0.1, 0.15) is 5.82 Å². The molecular weight excluding hydrogens is 215 g/mol. The number of rotatable bonds is 2. The Morgan fingerprint density at radius 3 is 2.88 bits per heavy atom. The fourth-order valence-electron chi connectivity index (χ4n) is 2.59. The SMILES string of the molecule is CC1CCCN(Cc2c(N)cccc2F)C1C. The summed E-state index contributed by atoms with van der Waals surface area (Å²) in [6, 6.07) is 5.43. The maximum atomic E-state index is 13.7. The zero-order valence-corrected chi connectivity index (χ0v) is 10.6. The predicted octanol–water partition coefficient (Wildman–Crippen LogP) is 3.03. The van der Waals surface area contributed by atoms with Crippen LogP contribution in [0.3, 0.4) is 0 Å². The molecule has 2 N–H and O–H groups in total. The summed E-state index contributed by atoms with van der Waals surface area (Å²) in [6.45, 7) is 6.16. The molecule has 0 radical (unpaired) electrons. The number of nitrogens with zero attached hydrogens (tertiary/aromatic N) is 1. The molecule has 0 amide bonds. The number of nitrogen functional groups attached to an aromatic ring is 1. The molecule has 1 saturated heterocycles. The van der Waals surface area contributed by atoms with Gasteiger partial charge in [-0.25, -0.2) is 4.39 Å². The second-order valence-electron chi connectivity index (χ2n) is 5.14. The van der Waals surface area contributed by atoms with Gasteiger partial charge in [-0.2, -0.15) is 0 Å². The molecule has 0 saturated carbocycles. The molecule has 1 aliphatic heterocycles. The van der Waals surface area contributed by atoms with E-state index in [-0.39, 0.29) is 5.82 Å². The second-order valence-corrected chi connectivity index (χ2v) is 5.14. The van der Waals surface area contributed by atoms with Gasteiger partial charge in [0.2, 0.25) is 0 Å². The van der Waals surface area contributed by atoms with Gasteiger partial charge >= 0.3 is 0 Å². The second kappa shape index (κ2) is 5.05. The van der Waals surface area contributed by atoms with E-state index < -0.39 is 0 Å². The fourth-order valence-corrected chi connectivity index (χ4v) is 2.59. The van der Waals surface area contributed by atoms with Crippen molar-refractivity contribution in [3.8, 4) is 0 Å². The van der Waals surface area contributed by atoms with Crippen molar-refractivity contribution in [1.29, 1.82) is 0 Å². The van der Waals surface area contributed by atoms with Crippen LogP contribution >= 0.6 is 0 Å². The highest BCUT2D eigenvalue weighted by atomic mass is 19.1. The van der Waals surface area contributed by atoms with Crippen LogP contribution in [-0.4, -0.2) is 17.5 Å². The summed E-state index contributed by atoms with van der Waals surface area (Å²) in [5, 5.41) is 0. The molecule has 2 atom stereocenters. The first kappa shape index (κ1) is 12.4. The summed E-state index contributed by atoms with van der Waals surface area (Å²) >= 11 is 0. The van der Waals surface area contributed by atoms with Crippen molar-refractivity contribution in [2.75, 3.05) is 12.3 Å². The van der Waals surface area contributed by atoms with E-state index in [1.165, 1.54) is 18.9 Å². The van der Waals surface area contributed by atoms with Gasteiger partial charge in [-0.3, -0.25) is 4.90 Å². The van der Waals surface area contributed by atoms with Crippen LogP contribution in [0.4, 0.5) is 10.1 Å². The minimum atomic E-state index is -0.185. The molecule has 2 rings (SSSR count). The molecule has 17 heavy (non-hydrogen) atoms. The average Bonchev–Trinajstić information content (AvgIpc) is 2.29. The summed E-state index contributed by atoms with van der Waals surface area (Å²) in [5.74, 6) is 0.493. The largest absolute Gasteiger partial charge is 0.398 e. The van der Waals surface area contributed by atoms with Gasteiger partial charge in [-0.05, 0) is 44.4 Å². The molecule has 1 aliphatic rings. The highest BCUT2D eigenvalue weighted by molar-refractivity contribution is 5.47. The van der Waals surface area contributed by atoms with Crippen LogP contribution in [0, 0.1) is 11.7 Å². The normalized spacial score (nSPS) is 26.1. The third-order valence-corrected chi connectivity index (χ3v) is 4.02. The van der Waals surface area contributed by atoms with E-state index in [2.05, 4.69) is 18.7 Å². The van der Waals surface area contributed by atoms with Crippen molar-refractivity contribution in [2.45, 2.75) is 39.3 Å². The monoisotopic (exact) mass is 236 g/mol. The topological polar surface area (TPSA) is 29.3 Å². The first-order valence-corrected chi connectivity index (χ1v) is 6.36. The molecule has 0 spiro atoms. The quantitative estimate of drug-likeness (QED) is 0.800. The number of likely N-dealkylation sites (tertiary alicyclic amines) is 1. The van der Waals surface area contributed by atoms with Gasteiger partial charge in [-0.15, -0.1) is 0 Å². The van der Waals surface area contributed by atoms with Crippen molar-refractivity contribution in [2.24, 2.45) is 5.92 Å². The number of piperidine rings is 1. The first-order chi connectivity index (χ1) is 8.09. The molecule has 2 nitrogen and oxygen atoms in total. The summed E-state index contributed by atoms with van der Waals surface area (Å²) in [7, 11) is 0. The van der Waals surface area contributed by atoms with Gasteiger partial charge < -0.3 is 5.73 Å². The highest BCUT2D eigenvalue weighted by Gasteiger charge is 2.25. The zero-order chi connectivity index (χ0) is 12.4. The number of hydrogen-bond donors (Lipinski definition) is 1. The minimum absolute atomic E-state index is 0.185. The van der Waals surface area contributed by atoms with Crippen LogP contribution < -0.4 is 5.73 Å². The molecule has 94 valence electrons. The van der Waals surface area contributed by atoms with Crippen molar-refractivity contribution in [3.05, 3.63) is 29.6 Å². The lowest BCUT2D eigenvalue weighted by Crippen LogP contribution is -2.42. The molecule has 2 unspecified atom stereocenters. The standard InChI is InChI=1S/C14H21FN2/c1-10-5-4-8-17(11(10)2)9-12-13(15)6-3-7-14(12)16/h3,6-7,10-11H,4-5,8-9,16H2,1-2H3. The Bertz CT molecular complexity index is 372. The molecule has 0 bridgehead atoms. The van der Waals surface area contributed by atoms with Crippen LogP contribution in [-0.2, 0) is 6.54 Å². The molecular formula is C14H21FN2. The van der Waals surface area contributed by atoms with E-state index in [0.29, 0.717) is 29.8 Å². The van der Waals surface area contributed by atoms with Gasteiger partial charge in [0.05, 0.1) is 0 Å². The molecule has 1 heterocycles. The molecule has 1 aromatic rings. The summed E-state index contributed by atoms with van der Waals surface area (Å²) in [4.78, 5) is 2.34. The highest BCUT2D eigenvalue weighted by Crippen LogP contribution is 2.26. The Kier molecular flexibility index (Phi) is 3.67. The van der Waals surface area contributed by atoms with Crippen molar-refractivity contribution >= 4 is 5.69 Å². The molecule has 1 aromatic carbocycles. The Hall–Kier alpha value is -1.09. The lowest BCUT2D eigenvalue weighted by molar-refractivity contribution is 0.105. The molecule has 0 aliphatic carbocycles. The smallest absolute Gasteiger partial charge is 0.129 e. The zero-order valence-electron chi connectivity index (χ0n) is 10.6. The van der Waals surface area contributed by atoms with Gasteiger partial charge in [0.25, 0.3) is 0 Å². The van der Waals surface area contributed by atoms with Crippen LogP contribution in [0.15, 0.2) is 18.2 Å². The van der Waals surface area contributed by atoms with Crippen LogP contribution in [0.5, 0.6) is 0 Å². The predicted molar refractivity (Wildman–Crippen MR) is 69.1 cm³/mol. The lowest BCUT2D eigenvalue weighted by Gasteiger charge is -2.38. The minimum Gasteiger partial charge on any atom is -0.398 e. The number of nitrogens with two attached hydrogens (primary N) is 1. The van der Waals surface area contributed by atoms with E-state index in [4.69, 9.17) is 5.73 Å². The van der Waals surface area contributed by atoms with Crippen LogP contribution in [0.1, 0.15) is 32.3 Å². The van der Waals surface area contributed by atoms with Gasteiger partial charge in [-0.1, -0.05) is 13.0 Å². The Morgan fingerprint density at radius 1 is 1.41 bits per heavy atom. The third kappa shape index (κ3) is 2.60. The Labute approximate surface area is 103 Å². The van der Waals surface area contributed by atoms with E-state index >= 15 is 0 Å². The van der Waals surface area contributed by atoms with Crippen LogP contribution in [0.25, 0.3) is 0 Å². The molecule has 3 heteroatoms. The number of anilines is 1. The fraction of sp³-hybridized carbons (Fsp3) is 0.571. The first-order valence-electron chi connectivity index (χ1n) is 6.36. The van der Waals surface area contributed by atoms with Crippen molar-refractivity contribution < 1.29 is 4.39 Å². The average molecular weight is 236 g/mol. The van der Waals surface area contributed by atoms with Crippen molar-refractivity contribution in [1.82, 2.24) is 4.90 Å². The van der Waals surface area contributed by atoms with Gasteiger partial charge in [0.15, 0.2) is 0 Å². The van der Waals surface area contributed by atoms with Gasteiger partial charge in [0, 0.05) is 23.8 Å². The summed E-state index contributed by atoms with van der Waals surface area (Å²) < 4.78 is 13.7. The lowest BCUT2D eigenvalue weighted by atomic mass is 9.91. The summed E-state index contributed by atoms with van der Waals surface area (Å²) in [6.07, 6.45) is 2.46. The molecule has 1 fully saturated rings. The maximum Gasteiger partial charge on any atom is 0.129 e. The van der Waals surface area contributed by atoms with E-state index in [1.807, 2.05) is 0 Å². The Morgan fingerprint density at radius 2 is 2.18 bits per heavy atom. The maximum absolute atomic E-state index is 13.7. The van der Waals surface area contributed by atoms with E-state index in [9.17, 15) is 4.39 Å². The number of halogens is 1. The van der Waals surface area contributed by atoms with E-state index in [1.54, 1.807) is 12.1 Å². The number of hydrogen-bond acceptors (Lipinski definition) is 2. The third-order valence-electron chi connectivity index (χ3n) is 4.02. The van der Waals surface area contributed by atoms with E-state index in [0.717, 1.165) is 6.54 Å². The Balaban J connectivity index is 2.15. The number of benzene rings is 1. The van der Waals surface area contributed by atoms with Crippen molar-refractivity contribution in [3.63, 3.8) is 0 Å².